The zero-order chi connectivity index (χ0) is 23.9. The minimum atomic E-state index is -1.37. The Morgan fingerprint density at radius 1 is 0.939 bits per heavy atom. The molecule has 2 heterocycles. The first-order valence-electron chi connectivity index (χ1n) is 9.66. The molecule has 33 heavy (non-hydrogen) atoms. The van der Waals surface area contributed by atoms with Gasteiger partial charge in [-0.25, -0.2) is 18.0 Å². The molecule has 0 aliphatic rings. The van der Waals surface area contributed by atoms with E-state index < -0.39 is 34.9 Å². The van der Waals surface area contributed by atoms with Crippen molar-refractivity contribution < 1.29 is 27.5 Å². The van der Waals surface area contributed by atoms with Gasteiger partial charge in [-0.1, -0.05) is 23.7 Å². The predicted octanol–water partition coefficient (Wildman–Crippen LogP) is 6.02. The summed E-state index contributed by atoms with van der Waals surface area (Å²) in [5.41, 5.74) is 3.15. The summed E-state index contributed by atoms with van der Waals surface area (Å²) in [5.74, 6) is -5.28. The van der Waals surface area contributed by atoms with Gasteiger partial charge in [-0.05, 0) is 54.4 Å². The molecule has 0 spiro atoms. The molecule has 9 heteroatoms. The number of carbonyl (C=O) groups excluding carboxylic acids is 2. The summed E-state index contributed by atoms with van der Waals surface area (Å²) in [6.45, 7) is 1.89. The Bertz CT molecular complexity index is 1420. The van der Waals surface area contributed by atoms with E-state index in [1.54, 1.807) is 34.7 Å². The molecule has 0 atom stereocenters. The van der Waals surface area contributed by atoms with Gasteiger partial charge in [-0.15, -0.1) is 0 Å². The molecule has 168 valence electrons. The largest absolute Gasteiger partial charge is 0.465 e. The van der Waals surface area contributed by atoms with Crippen molar-refractivity contribution in [1.29, 1.82) is 0 Å². The smallest absolute Gasteiger partial charge is 0.338 e. The topological polar surface area (TPSA) is 59.8 Å². The highest BCUT2D eigenvalue weighted by molar-refractivity contribution is 6.30. The minimum Gasteiger partial charge on any atom is -0.465 e. The van der Waals surface area contributed by atoms with Crippen molar-refractivity contribution in [3.63, 3.8) is 0 Å². The molecule has 1 N–H and O–H groups in total. The number of ether oxygens (including phenoxy) is 1. The summed E-state index contributed by atoms with van der Waals surface area (Å²) < 4.78 is 46.9. The molecule has 0 saturated carbocycles. The molecule has 0 aliphatic heterocycles. The van der Waals surface area contributed by atoms with Crippen LogP contribution in [0.3, 0.4) is 0 Å². The van der Waals surface area contributed by atoms with Crippen LogP contribution in [0.5, 0.6) is 0 Å². The third-order valence-electron chi connectivity index (χ3n) is 5.10. The average molecular weight is 473 g/mol. The van der Waals surface area contributed by atoms with Crippen molar-refractivity contribution in [1.82, 2.24) is 4.40 Å². The van der Waals surface area contributed by atoms with Crippen LogP contribution in [0.2, 0.25) is 5.15 Å². The lowest BCUT2D eigenvalue weighted by Gasteiger charge is -2.11. The van der Waals surface area contributed by atoms with Gasteiger partial charge in [-0.3, -0.25) is 9.20 Å². The second kappa shape index (κ2) is 8.63. The van der Waals surface area contributed by atoms with Crippen molar-refractivity contribution in [2.45, 2.75) is 6.92 Å². The molecule has 0 fully saturated rings. The Morgan fingerprint density at radius 3 is 2.27 bits per heavy atom. The fourth-order valence-electron chi connectivity index (χ4n) is 3.59. The molecule has 2 aromatic heterocycles. The zero-order valence-corrected chi connectivity index (χ0v) is 18.1. The molecule has 4 aromatic rings. The average Bonchev–Trinajstić information content (AvgIpc) is 3.12. The maximum atomic E-state index is 13.9. The van der Waals surface area contributed by atoms with Gasteiger partial charge in [0.1, 0.15) is 11.0 Å². The Hall–Kier alpha value is -3.78. The first-order chi connectivity index (χ1) is 15.7. The van der Waals surface area contributed by atoms with Gasteiger partial charge < -0.3 is 10.1 Å². The van der Waals surface area contributed by atoms with E-state index in [0.717, 1.165) is 16.8 Å². The molecule has 0 aliphatic carbocycles. The number of methoxy groups -OCH3 is 1. The van der Waals surface area contributed by atoms with Crippen LogP contribution in [0.4, 0.5) is 18.9 Å². The van der Waals surface area contributed by atoms with Crippen LogP contribution in [0.1, 0.15) is 26.3 Å². The van der Waals surface area contributed by atoms with E-state index in [-0.39, 0.29) is 0 Å². The van der Waals surface area contributed by atoms with Gasteiger partial charge in [0.25, 0.3) is 5.91 Å². The molecular formula is C24H16ClF3N2O3. The second-order valence-corrected chi connectivity index (χ2v) is 7.66. The quantitative estimate of drug-likeness (QED) is 0.224. The number of pyridine rings is 1. The minimum absolute atomic E-state index is 0.308. The summed E-state index contributed by atoms with van der Waals surface area (Å²) in [6.07, 6.45) is 0. The van der Waals surface area contributed by atoms with Crippen molar-refractivity contribution in [3.8, 4) is 11.3 Å². The van der Waals surface area contributed by atoms with E-state index in [2.05, 4.69) is 5.32 Å². The normalized spacial score (nSPS) is 11.0. The third kappa shape index (κ3) is 4.17. The lowest BCUT2D eigenvalue weighted by Crippen LogP contribution is -2.14. The first-order valence-corrected chi connectivity index (χ1v) is 10.0. The van der Waals surface area contributed by atoms with E-state index >= 15 is 0 Å². The predicted molar refractivity (Wildman–Crippen MR) is 118 cm³/mol. The van der Waals surface area contributed by atoms with Gasteiger partial charge in [0.15, 0.2) is 11.6 Å². The number of esters is 1. The van der Waals surface area contributed by atoms with Crippen LogP contribution < -0.4 is 5.32 Å². The highest BCUT2D eigenvalue weighted by Crippen LogP contribution is 2.32. The van der Waals surface area contributed by atoms with Crippen LogP contribution >= 0.6 is 11.6 Å². The van der Waals surface area contributed by atoms with E-state index in [9.17, 15) is 22.8 Å². The van der Waals surface area contributed by atoms with E-state index in [4.69, 9.17) is 16.3 Å². The Labute approximate surface area is 191 Å². The fourth-order valence-corrected chi connectivity index (χ4v) is 3.89. The fraction of sp³-hybridized carbons (Fsp3) is 0.0833. The van der Waals surface area contributed by atoms with Gasteiger partial charge in [0, 0.05) is 17.3 Å². The molecule has 5 nitrogen and oxygen atoms in total. The number of aryl methyl sites for hydroxylation is 1. The lowest BCUT2D eigenvalue weighted by molar-refractivity contribution is 0.0600. The number of nitrogens with zero attached hydrogens (tertiary/aromatic N) is 1. The van der Waals surface area contributed by atoms with Crippen LogP contribution in [0.25, 0.3) is 16.8 Å². The number of hydrogen-bond donors (Lipinski definition) is 1. The second-order valence-electron chi connectivity index (χ2n) is 7.27. The standard InChI is InChI=1S/C24H16ClF3N2O3/c1-12-7-16-8-14(24(32)33-2)9-21(25)30(16)22(12)13-3-5-15(6-4-13)29-23(31)17-10-19(27)20(28)11-18(17)26/h3-11H,1-2H3,(H,29,31). The summed E-state index contributed by atoms with van der Waals surface area (Å²) in [5, 5.41) is 2.76. The van der Waals surface area contributed by atoms with Gasteiger partial charge in [0.2, 0.25) is 0 Å². The number of fused-ring (bicyclic) bond motifs is 1. The van der Waals surface area contributed by atoms with Crippen molar-refractivity contribution >= 4 is 34.7 Å². The molecule has 1 amide bonds. The summed E-state index contributed by atoms with van der Waals surface area (Å²) >= 11 is 6.44. The van der Waals surface area contributed by atoms with Crippen LogP contribution in [0, 0.1) is 24.4 Å². The number of halogens is 4. The highest BCUT2D eigenvalue weighted by Gasteiger charge is 2.18. The Morgan fingerprint density at radius 2 is 1.61 bits per heavy atom. The molecule has 0 radical (unpaired) electrons. The van der Waals surface area contributed by atoms with Crippen molar-refractivity contribution in [3.05, 3.63) is 93.9 Å². The molecule has 0 bridgehead atoms. The van der Waals surface area contributed by atoms with Crippen molar-refractivity contribution in [2.75, 3.05) is 12.4 Å². The molecule has 0 unspecified atom stereocenters. The molecule has 2 aromatic carbocycles. The number of carbonyl (C=O) groups is 2. The SMILES string of the molecule is COC(=O)c1cc(Cl)n2c(-c3ccc(NC(=O)c4cc(F)c(F)cc4F)cc3)c(C)cc2c1. The van der Waals surface area contributed by atoms with Crippen molar-refractivity contribution in [2.24, 2.45) is 0 Å². The van der Waals surface area contributed by atoms with Crippen LogP contribution in [-0.2, 0) is 4.74 Å². The number of amides is 1. The lowest BCUT2D eigenvalue weighted by atomic mass is 10.1. The maximum absolute atomic E-state index is 13.9. The van der Waals surface area contributed by atoms with E-state index in [1.165, 1.54) is 13.2 Å². The van der Waals surface area contributed by atoms with Crippen LogP contribution in [0.15, 0.2) is 54.6 Å². The summed E-state index contributed by atoms with van der Waals surface area (Å²) in [7, 11) is 1.29. The van der Waals surface area contributed by atoms with E-state index in [0.29, 0.717) is 34.1 Å². The third-order valence-corrected chi connectivity index (χ3v) is 5.38. The number of hydrogen-bond acceptors (Lipinski definition) is 3. The highest BCUT2D eigenvalue weighted by atomic mass is 35.5. The zero-order valence-electron chi connectivity index (χ0n) is 17.4. The van der Waals surface area contributed by atoms with E-state index in [1.807, 2.05) is 13.0 Å². The first kappa shape index (κ1) is 22.4. The monoisotopic (exact) mass is 472 g/mol. The summed E-state index contributed by atoms with van der Waals surface area (Å²) in [6, 6.07) is 12.5. The molecule has 0 saturated heterocycles. The number of benzene rings is 2. The summed E-state index contributed by atoms with van der Waals surface area (Å²) in [4.78, 5) is 24.2. The maximum Gasteiger partial charge on any atom is 0.338 e. The number of anilines is 1. The molecule has 4 rings (SSSR count). The van der Waals surface area contributed by atoms with Gasteiger partial charge in [-0.2, -0.15) is 0 Å². The number of rotatable bonds is 4. The number of nitrogens with one attached hydrogen (secondary N) is 1. The van der Waals surface area contributed by atoms with Crippen LogP contribution in [-0.4, -0.2) is 23.4 Å². The Balaban J connectivity index is 1.65. The van der Waals surface area contributed by atoms with Gasteiger partial charge in [0.05, 0.1) is 23.9 Å². The number of aromatic nitrogens is 1. The Kier molecular flexibility index (Phi) is 5.86. The van der Waals surface area contributed by atoms with Gasteiger partial charge >= 0.3 is 5.97 Å². The molecular weight excluding hydrogens is 457 g/mol.